The lowest BCUT2D eigenvalue weighted by Crippen LogP contribution is -2.35. The standard InChI is InChI=1S/C29H34F2N8O3/c1-17(2)19-11-32-29(33-12-19)38-8-6-20(7-9-38)39-14-23(31)25-26(34-16-35-27(25)39)36-24-5-4-18(10-22(24)30)28(42)37(3)13-21(41)15-40/h4-5,10-12,14,16-17,20-21,40-41H,6-9,13,15H2,1-3H3,(H,34,35,36)/t21-/m0/s1. The predicted molar refractivity (Wildman–Crippen MR) is 154 cm³/mol. The Kier molecular flexibility index (Phi) is 8.59. The molecular weight excluding hydrogens is 546 g/mol. The first-order valence-electron chi connectivity index (χ1n) is 13.8. The summed E-state index contributed by atoms with van der Waals surface area (Å²) in [6.45, 7) is 4.99. The van der Waals surface area contributed by atoms with Crippen LogP contribution >= 0.6 is 0 Å². The van der Waals surface area contributed by atoms with Crippen LogP contribution in [0.15, 0.2) is 43.1 Å². The highest BCUT2D eigenvalue weighted by Gasteiger charge is 2.26. The predicted octanol–water partition coefficient (Wildman–Crippen LogP) is 3.63. The van der Waals surface area contributed by atoms with Crippen LogP contribution in [0.3, 0.4) is 0 Å². The van der Waals surface area contributed by atoms with E-state index in [1.165, 1.54) is 36.6 Å². The van der Waals surface area contributed by atoms with Crippen LogP contribution in [0.4, 0.5) is 26.2 Å². The minimum absolute atomic E-state index is 0.00527. The largest absolute Gasteiger partial charge is 0.394 e. The van der Waals surface area contributed by atoms with Crippen molar-refractivity contribution in [3.63, 3.8) is 0 Å². The number of aliphatic hydroxyl groups excluding tert-OH is 2. The Hall–Kier alpha value is -4.23. The molecule has 11 nitrogen and oxygen atoms in total. The minimum Gasteiger partial charge on any atom is -0.394 e. The molecule has 4 heterocycles. The van der Waals surface area contributed by atoms with E-state index in [0.717, 1.165) is 24.5 Å². The van der Waals surface area contributed by atoms with Crippen molar-refractivity contribution in [2.75, 3.05) is 43.5 Å². The zero-order valence-corrected chi connectivity index (χ0v) is 23.7. The number of hydrogen-bond acceptors (Lipinski definition) is 9. The highest BCUT2D eigenvalue weighted by molar-refractivity contribution is 5.95. The van der Waals surface area contributed by atoms with Crippen LogP contribution in [-0.4, -0.2) is 84.9 Å². The fourth-order valence-electron chi connectivity index (χ4n) is 5.10. The van der Waals surface area contributed by atoms with E-state index < -0.39 is 30.3 Å². The van der Waals surface area contributed by atoms with Gasteiger partial charge in [0, 0.05) is 56.9 Å². The molecule has 42 heavy (non-hydrogen) atoms. The number of nitrogens with zero attached hydrogens (tertiary/aromatic N) is 7. The van der Waals surface area contributed by atoms with Crippen LogP contribution in [0.1, 0.15) is 54.6 Å². The van der Waals surface area contributed by atoms with Crippen molar-refractivity contribution in [2.45, 2.75) is 44.8 Å². The fourth-order valence-corrected chi connectivity index (χ4v) is 5.10. The van der Waals surface area contributed by atoms with Gasteiger partial charge in [-0.1, -0.05) is 13.8 Å². The van der Waals surface area contributed by atoms with E-state index >= 15 is 8.78 Å². The first-order chi connectivity index (χ1) is 20.2. The Bertz CT molecular complexity index is 1550. The van der Waals surface area contributed by atoms with E-state index in [9.17, 15) is 9.90 Å². The number of aliphatic hydroxyl groups is 2. The average molecular weight is 581 g/mol. The molecule has 3 aromatic heterocycles. The van der Waals surface area contributed by atoms with E-state index in [1.54, 1.807) is 0 Å². The van der Waals surface area contributed by atoms with Crippen molar-refractivity contribution in [1.29, 1.82) is 0 Å². The first kappa shape index (κ1) is 29.3. The topological polar surface area (TPSA) is 133 Å². The molecule has 0 unspecified atom stereocenters. The molecular formula is C29H34F2N8O3. The molecule has 3 N–H and O–H groups in total. The smallest absolute Gasteiger partial charge is 0.253 e. The molecule has 0 saturated carbocycles. The van der Waals surface area contributed by atoms with Gasteiger partial charge < -0.3 is 29.9 Å². The summed E-state index contributed by atoms with van der Waals surface area (Å²) in [6, 6.07) is 3.84. The number of piperidine rings is 1. The highest BCUT2D eigenvalue weighted by atomic mass is 19.1. The van der Waals surface area contributed by atoms with E-state index in [2.05, 4.69) is 44.0 Å². The Balaban J connectivity index is 1.31. The number of benzene rings is 1. The number of carbonyl (C=O) groups excluding carboxylic acids is 1. The lowest BCUT2D eigenvalue weighted by Gasteiger charge is -2.32. The van der Waals surface area contributed by atoms with E-state index in [0.29, 0.717) is 30.6 Å². The third kappa shape index (κ3) is 6.02. The van der Waals surface area contributed by atoms with Crippen molar-refractivity contribution in [3.8, 4) is 0 Å². The number of hydrogen-bond donors (Lipinski definition) is 3. The number of nitrogens with one attached hydrogen (secondary N) is 1. The van der Waals surface area contributed by atoms with Crippen molar-refractivity contribution in [2.24, 2.45) is 0 Å². The van der Waals surface area contributed by atoms with Gasteiger partial charge in [0.2, 0.25) is 5.95 Å². The molecule has 0 aliphatic carbocycles. The summed E-state index contributed by atoms with van der Waals surface area (Å²) >= 11 is 0. The maximum Gasteiger partial charge on any atom is 0.253 e. The van der Waals surface area contributed by atoms with Gasteiger partial charge in [0.05, 0.1) is 23.8 Å². The number of amides is 1. The second-order valence-corrected chi connectivity index (χ2v) is 10.8. The second kappa shape index (κ2) is 12.3. The van der Waals surface area contributed by atoms with Gasteiger partial charge in [0.1, 0.15) is 23.6 Å². The van der Waals surface area contributed by atoms with E-state index in [4.69, 9.17) is 5.11 Å². The SMILES string of the molecule is CC(C)c1cnc(N2CCC(n3cc(F)c4c(Nc5ccc(C(=O)N(C)C[C@H](O)CO)cc5F)ncnc43)CC2)nc1. The molecule has 0 spiro atoms. The molecule has 1 fully saturated rings. The molecule has 1 aromatic carbocycles. The van der Waals surface area contributed by atoms with Crippen molar-refractivity contribution >= 4 is 34.4 Å². The molecule has 13 heteroatoms. The van der Waals surface area contributed by atoms with Crippen LogP contribution in [-0.2, 0) is 0 Å². The molecule has 0 radical (unpaired) electrons. The molecule has 1 aliphatic rings. The average Bonchev–Trinajstić information content (AvgIpc) is 3.34. The van der Waals surface area contributed by atoms with Gasteiger partial charge in [-0.25, -0.2) is 28.7 Å². The summed E-state index contributed by atoms with van der Waals surface area (Å²) in [5.41, 5.74) is 1.55. The molecule has 4 aromatic rings. The molecule has 1 aliphatic heterocycles. The van der Waals surface area contributed by atoms with Gasteiger partial charge >= 0.3 is 0 Å². The van der Waals surface area contributed by atoms with Gasteiger partial charge in [-0.3, -0.25) is 4.79 Å². The van der Waals surface area contributed by atoms with Gasteiger partial charge in [-0.2, -0.15) is 0 Å². The van der Waals surface area contributed by atoms with Crippen molar-refractivity contribution in [1.82, 2.24) is 29.4 Å². The number of aromatic nitrogens is 5. The van der Waals surface area contributed by atoms with Crippen LogP contribution in [0, 0.1) is 11.6 Å². The van der Waals surface area contributed by atoms with Crippen molar-refractivity contribution in [3.05, 3.63) is 65.9 Å². The monoisotopic (exact) mass is 580 g/mol. The Morgan fingerprint density at radius 3 is 2.48 bits per heavy atom. The Labute approximate surface area is 241 Å². The maximum atomic E-state index is 15.3. The molecule has 1 amide bonds. The second-order valence-electron chi connectivity index (χ2n) is 10.8. The Morgan fingerprint density at radius 2 is 1.83 bits per heavy atom. The molecule has 1 atom stereocenters. The molecule has 222 valence electrons. The van der Waals surface area contributed by atoms with E-state index in [1.807, 2.05) is 17.0 Å². The maximum absolute atomic E-state index is 15.3. The molecule has 5 rings (SSSR count). The van der Waals surface area contributed by atoms with Crippen LogP contribution < -0.4 is 10.2 Å². The molecule has 0 bridgehead atoms. The third-order valence-corrected chi connectivity index (χ3v) is 7.54. The summed E-state index contributed by atoms with van der Waals surface area (Å²) in [7, 11) is 1.44. The van der Waals surface area contributed by atoms with Crippen LogP contribution in [0.2, 0.25) is 0 Å². The number of fused-ring (bicyclic) bond motifs is 1. The summed E-state index contributed by atoms with van der Waals surface area (Å²) in [5, 5.41) is 21.6. The van der Waals surface area contributed by atoms with Crippen molar-refractivity contribution < 1.29 is 23.8 Å². The normalized spacial score (nSPS) is 14.9. The number of likely N-dealkylation sites (N-methyl/N-ethyl adjacent to an activating group) is 1. The zero-order valence-electron chi connectivity index (χ0n) is 23.7. The van der Waals surface area contributed by atoms with Crippen LogP contribution in [0.25, 0.3) is 11.0 Å². The number of carbonyl (C=O) groups is 1. The fraction of sp³-hybridized carbons (Fsp3) is 0.414. The zero-order chi connectivity index (χ0) is 30.0. The summed E-state index contributed by atoms with van der Waals surface area (Å²) in [6.07, 6.45) is 6.80. The van der Waals surface area contributed by atoms with Gasteiger partial charge in [0.25, 0.3) is 5.91 Å². The Morgan fingerprint density at radius 1 is 1.12 bits per heavy atom. The summed E-state index contributed by atoms with van der Waals surface area (Å²) in [5.74, 6) is -0.647. The summed E-state index contributed by atoms with van der Waals surface area (Å²) in [4.78, 5) is 33.5. The molecule has 1 saturated heterocycles. The van der Waals surface area contributed by atoms with Crippen LogP contribution in [0.5, 0.6) is 0 Å². The number of anilines is 3. The quantitative estimate of drug-likeness (QED) is 0.271. The van der Waals surface area contributed by atoms with E-state index in [-0.39, 0.29) is 35.0 Å². The third-order valence-electron chi connectivity index (χ3n) is 7.54. The summed E-state index contributed by atoms with van der Waals surface area (Å²) < 4.78 is 32.2. The first-order valence-corrected chi connectivity index (χ1v) is 13.8. The van der Waals surface area contributed by atoms with Gasteiger partial charge in [-0.05, 0) is 42.5 Å². The minimum atomic E-state index is -1.10. The number of halogens is 2. The highest BCUT2D eigenvalue weighted by Crippen LogP contribution is 2.33. The van der Waals surface area contributed by atoms with Gasteiger partial charge in [-0.15, -0.1) is 0 Å². The number of rotatable bonds is 9. The van der Waals surface area contributed by atoms with Gasteiger partial charge in [0.15, 0.2) is 5.82 Å². The lowest BCUT2D eigenvalue weighted by molar-refractivity contribution is 0.0520. The lowest BCUT2D eigenvalue weighted by atomic mass is 10.1.